The molecule has 0 radical (unpaired) electrons. The van der Waals surface area contributed by atoms with E-state index in [0.29, 0.717) is 12.5 Å². The highest BCUT2D eigenvalue weighted by Crippen LogP contribution is 2.17. The molecule has 1 aromatic heterocycles. The molecule has 1 unspecified atom stereocenters. The van der Waals surface area contributed by atoms with Crippen molar-refractivity contribution in [2.24, 2.45) is 0 Å². The van der Waals surface area contributed by atoms with E-state index in [-0.39, 0.29) is 6.04 Å². The largest absolute Gasteiger partial charge is 0.383 e. The molecular weight excluding hydrogens is 228 g/mol. The van der Waals surface area contributed by atoms with Gasteiger partial charge in [0.05, 0.1) is 6.61 Å². The first-order valence-corrected chi connectivity index (χ1v) is 6.45. The third-order valence-electron chi connectivity index (χ3n) is 2.43. The fourth-order valence-corrected chi connectivity index (χ4v) is 1.61. The molecule has 102 valence electrons. The standard InChI is InChI=1S/C13H24N4O/c1-6-14-11-7-12(15-10(4)8-18-5)17-13(16-11)9(2)3/h7,9-10H,6,8H2,1-5H3,(H2,14,15,16,17). The van der Waals surface area contributed by atoms with Gasteiger partial charge >= 0.3 is 0 Å². The smallest absolute Gasteiger partial charge is 0.135 e. The van der Waals surface area contributed by atoms with Crippen LogP contribution in [0.5, 0.6) is 0 Å². The number of hydrogen-bond acceptors (Lipinski definition) is 5. The molecule has 0 spiro atoms. The second kappa shape index (κ2) is 7.16. The van der Waals surface area contributed by atoms with E-state index in [1.165, 1.54) is 0 Å². The first kappa shape index (κ1) is 14.7. The molecule has 1 rings (SSSR count). The van der Waals surface area contributed by atoms with Crippen LogP contribution in [0.25, 0.3) is 0 Å². The Hall–Kier alpha value is -1.36. The summed E-state index contributed by atoms with van der Waals surface area (Å²) in [4.78, 5) is 9.00. The second-order valence-electron chi connectivity index (χ2n) is 4.68. The average Bonchev–Trinajstić information content (AvgIpc) is 2.29. The van der Waals surface area contributed by atoms with Gasteiger partial charge in [0.15, 0.2) is 0 Å². The van der Waals surface area contributed by atoms with Gasteiger partial charge in [-0.3, -0.25) is 0 Å². The van der Waals surface area contributed by atoms with Gasteiger partial charge in [0.1, 0.15) is 17.5 Å². The Kier molecular flexibility index (Phi) is 5.85. The number of nitrogens with zero attached hydrogens (tertiary/aromatic N) is 2. The van der Waals surface area contributed by atoms with E-state index in [9.17, 15) is 0 Å². The van der Waals surface area contributed by atoms with Crippen molar-refractivity contribution in [3.05, 3.63) is 11.9 Å². The monoisotopic (exact) mass is 252 g/mol. The van der Waals surface area contributed by atoms with Crippen LogP contribution in [0.3, 0.4) is 0 Å². The molecule has 0 bridgehead atoms. The van der Waals surface area contributed by atoms with Gasteiger partial charge in [0, 0.05) is 31.7 Å². The van der Waals surface area contributed by atoms with Gasteiger partial charge in [0.2, 0.25) is 0 Å². The molecule has 0 fully saturated rings. The Balaban J connectivity index is 2.88. The summed E-state index contributed by atoms with van der Waals surface area (Å²) in [5, 5.41) is 6.55. The highest BCUT2D eigenvalue weighted by Gasteiger charge is 2.09. The van der Waals surface area contributed by atoms with Crippen LogP contribution in [-0.4, -0.2) is 36.3 Å². The van der Waals surface area contributed by atoms with Crippen LogP contribution in [0.4, 0.5) is 11.6 Å². The lowest BCUT2D eigenvalue weighted by molar-refractivity contribution is 0.190. The van der Waals surface area contributed by atoms with E-state index in [0.717, 1.165) is 24.0 Å². The second-order valence-corrected chi connectivity index (χ2v) is 4.68. The van der Waals surface area contributed by atoms with Crippen LogP contribution in [-0.2, 0) is 4.74 Å². The summed E-state index contributed by atoms with van der Waals surface area (Å²) >= 11 is 0. The number of rotatable bonds is 7. The van der Waals surface area contributed by atoms with Crippen molar-refractivity contribution in [3.8, 4) is 0 Å². The van der Waals surface area contributed by atoms with Crippen LogP contribution in [0.2, 0.25) is 0 Å². The highest BCUT2D eigenvalue weighted by molar-refractivity contribution is 5.48. The molecular formula is C13H24N4O. The molecule has 1 heterocycles. The summed E-state index contributed by atoms with van der Waals surface area (Å²) in [6.07, 6.45) is 0. The van der Waals surface area contributed by atoms with Crippen molar-refractivity contribution in [2.75, 3.05) is 30.9 Å². The Bertz CT molecular complexity index is 368. The van der Waals surface area contributed by atoms with E-state index in [4.69, 9.17) is 4.74 Å². The molecule has 5 nitrogen and oxygen atoms in total. The van der Waals surface area contributed by atoms with Crippen LogP contribution in [0.15, 0.2) is 6.07 Å². The first-order valence-electron chi connectivity index (χ1n) is 6.45. The zero-order valence-electron chi connectivity index (χ0n) is 11.9. The summed E-state index contributed by atoms with van der Waals surface area (Å²) < 4.78 is 5.11. The van der Waals surface area contributed by atoms with Crippen molar-refractivity contribution in [1.29, 1.82) is 0 Å². The van der Waals surface area contributed by atoms with Crippen LogP contribution < -0.4 is 10.6 Å². The maximum absolute atomic E-state index is 5.11. The summed E-state index contributed by atoms with van der Waals surface area (Å²) in [7, 11) is 1.70. The van der Waals surface area contributed by atoms with Crippen molar-refractivity contribution in [2.45, 2.75) is 39.7 Å². The van der Waals surface area contributed by atoms with Gasteiger partial charge in [-0.25, -0.2) is 9.97 Å². The molecule has 0 saturated heterocycles. The van der Waals surface area contributed by atoms with Crippen LogP contribution >= 0.6 is 0 Å². The average molecular weight is 252 g/mol. The van der Waals surface area contributed by atoms with Crippen molar-refractivity contribution < 1.29 is 4.74 Å². The Morgan fingerprint density at radius 1 is 1.22 bits per heavy atom. The third-order valence-corrected chi connectivity index (χ3v) is 2.43. The molecule has 0 saturated carbocycles. The zero-order chi connectivity index (χ0) is 13.5. The lowest BCUT2D eigenvalue weighted by atomic mass is 10.2. The van der Waals surface area contributed by atoms with E-state index in [1.54, 1.807) is 7.11 Å². The fraction of sp³-hybridized carbons (Fsp3) is 0.692. The Labute approximate surface area is 109 Å². The molecule has 0 aliphatic carbocycles. The summed E-state index contributed by atoms with van der Waals surface area (Å²) in [6.45, 7) is 9.80. The van der Waals surface area contributed by atoms with Gasteiger partial charge in [-0.15, -0.1) is 0 Å². The molecule has 2 N–H and O–H groups in total. The normalized spacial score (nSPS) is 12.6. The number of nitrogens with one attached hydrogen (secondary N) is 2. The number of aromatic nitrogens is 2. The molecule has 0 aromatic carbocycles. The molecule has 18 heavy (non-hydrogen) atoms. The predicted octanol–water partition coefficient (Wildman–Crippen LogP) is 2.48. The lowest BCUT2D eigenvalue weighted by Gasteiger charge is -2.16. The molecule has 0 aliphatic heterocycles. The zero-order valence-corrected chi connectivity index (χ0v) is 11.9. The number of ether oxygens (including phenoxy) is 1. The molecule has 0 aliphatic rings. The van der Waals surface area contributed by atoms with E-state index < -0.39 is 0 Å². The van der Waals surface area contributed by atoms with Gasteiger partial charge in [-0.2, -0.15) is 0 Å². The van der Waals surface area contributed by atoms with Gasteiger partial charge in [-0.1, -0.05) is 13.8 Å². The summed E-state index contributed by atoms with van der Waals surface area (Å²) in [6, 6.07) is 2.15. The fourth-order valence-electron chi connectivity index (χ4n) is 1.61. The maximum Gasteiger partial charge on any atom is 0.135 e. The van der Waals surface area contributed by atoms with Gasteiger partial charge in [-0.05, 0) is 13.8 Å². The van der Waals surface area contributed by atoms with Crippen LogP contribution in [0, 0.1) is 0 Å². The number of methoxy groups -OCH3 is 1. The Morgan fingerprint density at radius 3 is 2.44 bits per heavy atom. The van der Waals surface area contributed by atoms with Crippen molar-refractivity contribution in [1.82, 2.24) is 9.97 Å². The molecule has 1 aromatic rings. The number of hydrogen-bond donors (Lipinski definition) is 2. The predicted molar refractivity (Wildman–Crippen MR) is 75.2 cm³/mol. The highest BCUT2D eigenvalue weighted by atomic mass is 16.5. The molecule has 1 atom stereocenters. The summed E-state index contributed by atoms with van der Waals surface area (Å²) in [5.41, 5.74) is 0. The molecule has 5 heteroatoms. The SMILES string of the molecule is CCNc1cc(NC(C)COC)nc(C(C)C)n1. The summed E-state index contributed by atoms with van der Waals surface area (Å²) in [5.74, 6) is 2.86. The van der Waals surface area contributed by atoms with Crippen molar-refractivity contribution >= 4 is 11.6 Å². The van der Waals surface area contributed by atoms with Crippen LogP contribution in [0.1, 0.15) is 39.4 Å². The van der Waals surface area contributed by atoms with Crippen molar-refractivity contribution in [3.63, 3.8) is 0 Å². The van der Waals surface area contributed by atoms with E-state index in [2.05, 4.69) is 48.3 Å². The third kappa shape index (κ3) is 4.49. The van der Waals surface area contributed by atoms with Gasteiger partial charge < -0.3 is 15.4 Å². The minimum Gasteiger partial charge on any atom is -0.383 e. The lowest BCUT2D eigenvalue weighted by Crippen LogP contribution is -2.22. The minimum atomic E-state index is 0.222. The maximum atomic E-state index is 5.11. The first-order chi connectivity index (χ1) is 8.56. The topological polar surface area (TPSA) is 59.1 Å². The van der Waals surface area contributed by atoms with E-state index >= 15 is 0 Å². The molecule has 0 amide bonds. The van der Waals surface area contributed by atoms with E-state index in [1.807, 2.05) is 6.07 Å². The van der Waals surface area contributed by atoms with Gasteiger partial charge in [0.25, 0.3) is 0 Å². The number of anilines is 2. The Morgan fingerprint density at radius 2 is 1.89 bits per heavy atom. The quantitative estimate of drug-likeness (QED) is 0.780. The minimum absolute atomic E-state index is 0.222.